The van der Waals surface area contributed by atoms with Crippen LogP contribution in [0.25, 0.3) is 10.6 Å². The van der Waals surface area contributed by atoms with Gasteiger partial charge < -0.3 is 10.6 Å². The normalized spacial score (nSPS) is 9.38. The Balaban J connectivity index is 0.00000200. The molecule has 8 heteroatoms. The minimum Gasteiger partial charge on any atom is -0.350 e. The van der Waals surface area contributed by atoms with E-state index in [1.807, 2.05) is 19.1 Å². The van der Waals surface area contributed by atoms with Crippen LogP contribution in [0.15, 0.2) is 30.7 Å². The second-order valence-electron chi connectivity index (χ2n) is 3.88. The number of nitrogens with zero attached hydrogens (tertiary/aromatic N) is 2. The SMILES string of the molecule is CCNCCNC(=O)c1cnc(-c2ccncc2)s1.Cl.Cl. The van der Waals surface area contributed by atoms with Gasteiger partial charge in [0.2, 0.25) is 0 Å². The van der Waals surface area contributed by atoms with Crippen LogP contribution in [0, 0.1) is 0 Å². The fourth-order valence-corrected chi connectivity index (χ4v) is 2.37. The summed E-state index contributed by atoms with van der Waals surface area (Å²) in [6.07, 6.45) is 5.04. The lowest BCUT2D eigenvalue weighted by atomic mass is 10.3. The highest BCUT2D eigenvalue weighted by Gasteiger charge is 2.10. The molecule has 0 saturated heterocycles. The van der Waals surface area contributed by atoms with Gasteiger partial charge in [-0.2, -0.15) is 0 Å². The number of halogens is 2. The third-order valence-corrected chi connectivity index (χ3v) is 3.54. The number of aromatic nitrogens is 2. The summed E-state index contributed by atoms with van der Waals surface area (Å²) in [7, 11) is 0. The van der Waals surface area contributed by atoms with Crippen molar-refractivity contribution in [2.45, 2.75) is 6.92 Å². The summed E-state index contributed by atoms with van der Waals surface area (Å²) >= 11 is 1.39. The van der Waals surface area contributed by atoms with Crippen molar-refractivity contribution in [2.24, 2.45) is 0 Å². The quantitative estimate of drug-likeness (QED) is 0.786. The van der Waals surface area contributed by atoms with Gasteiger partial charge in [0.25, 0.3) is 5.91 Å². The molecule has 0 saturated carbocycles. The average Bonchev–Trinajstić information content (AvgIpc) is 2.94. The number of hydrogen-bond donors (Lipinski definition) is 2. The molecule has 0 radical (unpaired) electrons. The molecule has 2 aromatic heterocycles. The number of thiazole rings is 1. The first-order valence-corrected chi connectivity index (χ1v) is 6.98. The van der Waals surface area contributed by atoms with E-state index >= 15 is 0 Å². The van der Waals surface area contributed by atoms with E-state index in [1.165, 1.54) is 11.3 Å². The molecular formula is C13H18Cl2N4OS. The molecule has 0 aliphatic heterocycles. The van der Waals surface area contributed by atoms with E-state index < -0.39 is 0 Å². The van der Waals surface area contributed by atoms with Gasteiger partial charge in [-0.15, -0.1) is 36.2 Å². The van der Waals surface area contributed by atoms with Gasteiger partial charge >= 0.3 is 0 Å². The number of carbonyl (C=O) groups excluding carboxylic acids is 1. The molecule has 2 N–H and O–H groups in total. The third kappa shape index (κ3) is 5.97. The molecule has 0 spiro atoms. The summed E-state index contributed by atoms with van der Waals surface area (Å²) in [5, 5.41) is 6.84. The summed E-state index contributed by atoms with van der Waals surface area (Å²) in [6.45, 7) is 4.34. The molecule has 0 aliphatic carbocycles. The van der Waals surface area contributed by atoms with Crippen molar-refractivity contribution in [3.05, 3.63) is 35.6 Å². The average molecular weight is 349 g/mol. The van der Waals surface area contributed by atoms with E-state index in [0.717, 1.165) is 23.7 Å². The fraction of sp³-hybridized carbons (Fsp3) is 0.308. The summed E-state index contributed by atoms with van der Waals surface area (Å²) < 4.78 is 0. The smallest absolute Gasteiger partial charge is 0.263 e. The first-order valence-electron chi connectivity index (χ1n) is 6.16. The lowest BCUT2D eigenvalue weighted by Gasteiger charge is -2.03. The van der Waals surface area contributed by atoms with Crippen LogP contribution >= 0.6 is 36.2 Å². The van der Waals surface area contributed by atoms with Crippen LogP contribution in [0.3, 0.4) is 0 Å². The van der Waals surface area contributed by atoms with Crippen molar-refractivity contribution in [2.75, 3.05) is 19.6 Å². The summed E-state index contributed by atoms with van der Waals surface area (Å²) in [4.78, 5) is 20.7. The van der Waals surface area contributed by atoms with Crippen LogP contribution in [0.1, 0.15) is 16.6 Å². The summed E-state index contributed by atoms with van der Waals surface area (Å²) in [5.74, 6) is -0.0734. The minimum atomic E-state index is -0.0734. The molecule has 0 unspecified atom stereocenters. The predicted octanol–water partition coefficient (Wildman–Crippen LogP) is 2.39. The van der Waals surface area contributed by atoms with Gasteiger partial charge in [0.05, 0.1) is 6.20 Å². The standard InChI is InChI=1S/C13H16N4OS.2ClH/c1-2-14-7-8-16-12(18)11-9-17-13(19-11)10-3-5-15-6-4-10;;/h3-6,9,14H,2,7-8H2,1H3,(H,16,18);2*1H. The van der Waals surface area contributed by atoms with Gasteiger partial charge in [0.1, 0.15) is 9.88 Å². The molecule has 21 heavy (non-hydrogen) atoms. The van der Waals surface area contributed by atoms with Crippen LogP contribution in [0.5, 0.6) is 0 Å². The monoisotopic (exact) mass is 348 g/mol. The lowest BCUT2D eigenvalue weighted by Crippen LogP contribution is -2.31. The summed E-state index contributed by atoms with van der Waals surface area (Å²) in [5.41, 5.74) is 0.978. The second kappa shape index (κ2) is 10.5. The molecule has 2 heterocycles. The van der Waals surface area contributed by atoms with E-state index in [1.54, 1.807) is 18.6 Å². The Labute approximate surface area is 140 Å². The number of carbonyl (C=O) groups is 1. The zero-order valence-electron chi connectivity index (χ0n) is 11.5. The maximum atomic E-state index is 11.9. The van der Waals surface area contributed by atoms with Crippen molar-refractivity contribution >= 4 is 42.1 Å². The minimum absolute atomic E-state index is 0. The highest BCUT2D eigenvalue weighted by Crippen LogP contribution is 2.24. The molecule has 5 nitrogen and oxygen atoms in total. The third-order valence-electron chi connectivity index (χ3n) is 2.49. The van der Waals surface area contributed by atoms with Gasteiger partial charge in [-0.25, -0.2) is 4.98 Å². The van der Waals surface area contributed by atoms with Crippen LogP contribution in [-0.2, 0) is 0 Å². The topological polar surface area (TPSA) is 66.9 Å². The van der Waals surface area contributed by atoms with Crippen molar-refractivity contribution in [3.63, 3.8) is 0 Å². The van der Waals surface area contributed by atoms with Gasteiger partial charge in [0.15, 0.2) is 0 Å². The maximum Gasteiger partial charge on any atom is 0.263 e. The molecule has 0 aliphatic rings. The van der Waals surface area contributed by atoms with Crippen molar-refractivity contribution in [1.82, 2.24) is 20.6 Å². The van der Waals surface area contributed by atoms with Gasteiger partial charge in [-0.05, 0) is 18.7 Å². The Morgan fingerprint density at radius 1 is 1.24 bits per heavy atom. The Bertz CT molecular complexity index is 536. The zero-order valence-corrected chi connectivity index (χ0v) is 14.0. The number of rotatable bonds is 6. The van der Waals surface area contributed by atoms with Gasteiger partial charge in [-0.1, -0.05) is 6.92 Å². The number of likely N-dealkylation sites (N-methyl/N-ethyl adjacent to an activating group) is 1. The van der Waals surface area contributed by atoms with Crippen molar-refractivity contribution in [1.29, 1.82) is 0 Å². The van der Waals surface area contributed by atoms with Crippen LogP contribution < -0.4 is 10.6 Å². The molecule has 1 amide bonds. The molecule has 116 valence electrons. The fourth-order valence-electron chi connectivity index (χ4n) is 1.54. The molecular weight excluding hydrogens is 331 g/mol. The maximum absolute atomic E-state index is 11.9. The number of amides is 1. The Kier molecular flexibility index (Phi) is 9.90. The predicted molar refractivity (Wildman–Crippen MR) is 90.7 cm³/mol. The zero-order chi connectivity index (χ0) is 13.5. The Hall–Kier alpha value is -1.21. The molecule has 2 rings (SSSR count). The highest BCUT2D eigenvalue weighted by molar-refractivity contribution is 7.16. The van der Waals surface area contributed by atoms with Crippen LogP contribution in [-0.4, -0.2) is 35.5 Å². The Morgan fingerprint density at radius 3 is 2.62 bits per heavy atom. The lowest BCUT2D eigenvalue weighted by molar-refractivity contribution is 0.0958. The highest BCUT2D eigenvalue weighted by atomic mass is 35.5. The molecule has 0 fully saturated rings. The van der Waals surface area contributed by atoms with Crippen molar-refractivity contribution in [3.8, 4) is 10.6 Å². The second-order valence-corrected chi connectivity index (χ2v) is 4.91. The van der Waals surface area contributed by atoms with Crippen LogP contribution in [0.4, 0.5) is 0 Å². The van der Waals surface area contributed by atoms with Crippen LogP contribution in [0.2, 0.25) is 0 Å². The largest absolute Gasteiger partial charge is 0.350 e. The molecule has 0 aromatic carbocycles. The van der Waals surface area contributed by atoms with E-state index in [0.29, 0.717) is 11.4 Å². The molecule has 2 aromatic rings. The number of nitrogens with one attached hydrogen (secondary N) is 2. The first kappa shape index (κ1) is 19.8. The van der Waals surface area contributed by atoms with Gasteiger partial charge in [0, 0.05) is 31.0 Å². The van der Waals surface area contributed by atoms with E-state index in [-0.39, 0.29) is 30.7 Å². The van der Waals surface area contributed by atoms with Gasteiger partial charge in [-0.3, -0.25) is 9.78 Å². The first-order chi connectivity index (χ1) is 9.31. The van der Waals surface area contributed by atoms with E-state index in [4.69, 9.17) is 0 Å². The Morgan fingerprint density at radius 2 is 1.95 bits per heavy atom. The van der Waals surface area contributed by atoms with E-state index in [9.17, 15) is 4.79 Å². The molecule has 0 atom stereocenters. The number of pyridine rings is 1. The summed E-state index contributed by atoms with van der Waals surface area (Å²) in [6, 6.07) is 3.76. The van der Waals surface area contributed by atoms with E-state index in [2.05, 4.69) is 20.6 Å². The van der Waals surface area contributed by atoms with Crippen molar-refractivity contribution < 1.29 is 4.79 Å². The number of hydrogen-bond acceptors (Lipinski definition) is 5. The molecule has 0 bridgehead atoms.